The predicted octanol–water partition coefficient (Wildman–Crippen LogP) is -1.18. The number of ether oxygens (including phenoxy) is 1. The third-order valence-electron chi connectivity index (χ3n) is 1.28. The molecule has 0 spiro atoms. The van der Waals surface area contributed by atoms with Gasteiger partial charge in [-0.15, -0.1) is 0 Å². The standard InChI is InChI=1S/C8H9ClFNO.ClH/c9-7-5-6(12-4-3-11)1-2-8(7)10;/h1-2,5H,3-4,11H2;1H/p-1. The van der Waals surface area contributed by atoms with Gasteiger partial charge in [0.1, 0.15) is 18.2 Å². The first-order valence-corrected chi connectivity index (χ1v) is 3.90. The van der Waals surface area contributed by atoms with Gasteiger partial charge in [0.2, 0.25) is 0 Å². The Kier molecular flexibility index (Phi) is 5.79. The summed E-state index contributed by atoms with van der Waals surface area (Å²) in [5.41, 5.74) is 5.21. The first-order chi connectivity index (χ1) is 5.74. The van der Waals surface area contributed by atoms with Crippen LogP contribution >= 0.6 is 11.6 Å². The molecule has 0 saturated carbocycles. The number of benzene rings is 1. The second kappa shape index (κ2) is 6.02. The molecule has 74 valence electrons. The van der Waals surface area contributed by atoms with Gasteiger partial charge in [-0.3, -0.25) is 0 Å². The van der Waals surface area contributed by atoms with Crippen LogP contribution in [0.4, 0.5) is 4.39 Å². The lowest BCUT2D eigenvalue weighted by atomic mass is 10.3. The van der Waals surface area contributed by atoms with Gasteiger partial charge in [0.15, 0.2) is 0 Å². The molecule has 0 fully saturated rings. The molecule has 0 aliphatic rings. The molecule has 1 rings (SSSR count). The quantitative estimate of drug-likeness (QED) is 0.702. The van der Waals surface area contributed by atoms with Crippen molar-refractivity contribution in [3.8, 4) is 5.75 Å². The van der Waals surface area contributed by atoms with Crippen LogP contribution in [0, 0.1) is 5.82 Å². The minimum Gasteiger partial charge on any atom is -1.00 e. The Bertz CT molecular complexity index is 270. The molecule has 1 aromatic rings. The highest BCUT2D eigenvalue weighted by molar-refractivity contribution is 6.30. The topological polar surface area (TPSA) is 35.2 Å². The molecule has 0 heterocycles. The lowest BCUT2D eigenvalue weighted by molar-refractivity contribution is -0.00000345. The Labute approximate surface area is 87.2 Å². The minimum atomic E-state index is -0.447. The molecule has 0 radical (unpaired) electrons. The molecule has 0 unspecified atom stereocenters. The number of rotatable bonds is 3. The molecule has 5 heteroatoms. The lowest BCUT2D eigenvalue weighted by Crippen LogP contribution is -3.00. The van der Waals surface area contributed by atoms with E-state index in [9.17, 15) is 4.39 Å². The molecule has 13 heavy (non-hydrogen) atoms. The zero-order valence-corrected chi connectivity index (χ0v) is 8.28. The Morgan fingerprint density at radius 3 is 2.69 bits per heavy atom. The second-order valence-electron chi connectivity index (χ2n) is 2.21. The van der Waals surface area contributed by atoms with Gasteiger partial charge >= 0.3 is 0 Å². The maximum atomic E-state index is 12.6. The van der Waals surface area contributed by atoms with Crippen LogP contribution in [0.2, 0.25) is 5.02 Å². The van der Waals surface area contributed by atoms with Gasteiger partial charge in [0.25, 0.3) is 0 Å². The number of hydrogen-bond acceptors (Lipinski definition) is 2. The summed E-state index contributed by atoms with van der Waals surface area (Å²) in [6.45, 7) is 0.830. The van der Waals surface area contributed by atoms with E-state index in [0.29, 0.717) is 18.9 Å². The summed E-state index contributed by atoms with van der Waals surface area (Å²) in [4.78, 5) is 0. The highest BCUT2D eigenvalue weighted by Gasteiger charge is 2.00. The summed E-state index contributed by atoms with van der Waals surface area (Å²) in [7, 11) is 0. The van der Waals surface area contributed by atoms with Gasteiger partial charge < -0.3 is 22.9 Å². The smallest absolute Gasteiger partial charge is 0.142 e. The van der Waals surface area contributed by atoms with Gasteiger partial charge in [-0.25, -0.2) is 4.39 Å². The summed E-state index contributed by atoms with van der Waals surface area (Å²) in [6.07, 6.45) is 0. The van der Waals surface area contributed by atoms with E-state index in [4.69, 9.17) is 22.1 Å². The first-order valence-electron chi connectivity index (χ1n) is 3.52. The zero-order valence-electron chi connectivity index (χ0n) is 6.77. The number of hydrogen-bond donors (Lipinski definition) is 1. The van der Waals surface area contributed by atoms with E-state index in [1.807, 2.05) is 0 Å². The van der Waals surface area contributed by atoms with Gasteiger partial charge in [-0.1, -0.05) is 11.6 Å². The molecule has 0 aromatic heterocycles. The van der Waals surface area contributed by atoms with Gasteiger partial charge in [-0.05, 0) is 12.1 Å². The van der Waals surface area contributed by atoms with E-state index in [1.54, 1.807) is 0 Å². The summed E-state index contributed by atoms with van der Waals surface area (Å²) >= 11 is 5.51. The molecule has 0 bridgehead atoms. The maximum Gasteiger partial charge on any atom is 0.142 e. The zero-order chi connectivity index (χ0) is 8.97. The normalized spacial score (nSPS) is 9.15. The van der Waals surface area contributed by atoms with E-state index in [1.165, 1.54) is 18.2 Å². The fraction of sp³-hybridized carbons (Fsp3) is 0.250. The van der Waals surface area contributed by atoms with Gasteiger partial charge in [0.05, 0.1) is 5.02 Å². The molecule has 2 nitrogen and oxygen atoms in total. The maximum absolute atomic E-state index is 12.6. The van der Waals surface area contributed by atoms with Crippen LogP contribution in [0.15, 0.2) is 18.2 Å². The van der Waals surface area contributed by atoms with Crippen LogP contribution in [0.5, 0.6) is 5.75 Å². The second-order valence-corrected chi connectivity index (χ2v) is 2.62. The van der Waals surface area contributed by atoms with Crippen molar-refractivity contribution in [3.63, 3.8) is 0 Å². The average molecular weight is 225 g/mol. The fourth-order valence-electron chi connectivity index (χ4n) is 0.743. The van der Waals surface area contributed by atoms with E-state index in [0.717, 1.165) is 0 Å². The molecule has 0 atom stereocenters. The van der Waals surface area contributed by atoms with Crippen molar-refractivity contribution in [2.24, 2.45) is 5.73 Å². The van der Waals surface area contributed by atoms with Gasteiger partial charge in [0, 0.05) is 12.6 Å². The van der Waals surface area contributed by atoms with Crippen LogP contribution in [0.3, 0.4) is 0 Å². The molecule has 2 N–H and O–H groups in total. The molecular weight excluding hydrogens is 216 g/mol. The van der Waals surface area contributed by atoms with Crippen LogP contribution in [-0.2, 0) is 0 Å². The number of halogens is 3. The average Bonchev–Trinajstić information content (AvgIpc) is 2.07. The molecule has 0 aliphatic heterocycles. The van der Waals surface area contributed by atoms with E-state index in [2.05, 4.69) is 0 Å². The predicted molar refractivity (Wildman–Crippen MR) is 46.0 cm³/mol. The Morgan fingerprint density at radius 2 is 2.15 bits per heavy atom. The summed E-state index contributed by atoms with van der Waals surface area (Å²) in [5, 5.41) is 0.0597. The monoisotopic (exact) mass is 224 g/mol. The third kappa shape index (κ3) is 3.81. The number of nitrogens with two attached hydrogens (primary N) is 1. The van der Waals surface area contributed by atoms with Gasteiger partial charge in [-0.2, -0.15) is 0 Å². The SMILES string of the molecule is NCCOc1ccc(F)c(Cl)c1.[Cl-]. The van der Waals surface area contributed by atoms with Crippen LogP contribution in [-0.4, -0.2) is 13.2 Å². The summed E-state index contributed by atoms with van der Waals surface area (Å²) < 4.78 is 17.7. The van der Waals surface area contributed by atoms with Crippen LogP contribution in [0.1, 0.15) is 0 Å². The molecule has 0 saturated heterocycles. The molecule has 0 aliphatic carbocycles. The molecule has 0 amide bonds. The van der Waals surface area contributed by atoms with Crippen molar-refractivity contribution in [1.29, 1.82) is 0 Å². The summed E-state index contributed by atoms with van der Waals surface area (Å²) in [5.74, 6) is 0.0867. The van der Waals surface area contributed by atoms with Crippen molar-refractivity contribution in [2.75, 3.05) is 13.2 Å². The molecule has 1 aromatic carbocycles. The van der Waals surface area contributed by atoms with E-state index in [-0.39, 0.29) is 17.4 Å². The Hall–Kier alpha value is -0.510. The fourth-order valence-corrected chi connectivity index (χ4v) is 0.914. The highest BCUT2D eigenvalue weighted by Crippen LogP contribution is 2.20. The Morgan fingerprint density at radius 1 is 1.46 bits per heavy atom. The molecular formula is C8H9Cl2FNO-. The Balaban J connectivity index is 0.00000144. The van der Waals surface area contributed by atoms with Crippen molar-refractivity contribution in [2.45, 2.75) is 0 Å². The van der Waals surface area contributed by atoms with E-state index < -0.39 is 5.82 Å². The largest absolute Gasteiger partial charge is 1.00 e. The summed E-state index contributed by atoms with van der Waals surface area (Å²) in [6, 6.07) is 4.19. The van der Waals surface area contributed by atoms with Crippen molar-refractivity contribution in [1.82, 2.24) is 0 Å². The van der Waals surface area contributed by atoms with E-state index >= 15 is 0 Å². The van der Waals surface area contributed by atoms with Crippen molar-refractivity contribution < 1.29 is 21.5 Å². The minimum absolute atomic E-state index is 0. The highest BCUT2D eigenvalue weighted by atomic mass is 35.5. The van der Waals surface area contributed by atoms with Crippen LogP contribution < -0.4 is 22.9 Å². The first kappa shape index (κ1) is 12.5. The third-order valence-corrected chi connectivity index (χ3v) is 1.57. The van der Waals surface area contributed by atoms with Crippen molar-refractivity contribution in [3.05, 3.63) is 29.0 Å². The lowest BCUT2D eigenvalue weighted by Gasteiger charge is -2.04. The van der Waals surface area contributed by atoms with Crippen molar-refractivity contribution >= 4 is 11.6 Å². The van der Waals surface area contributed by atoms with Crippen LogP contribution in [0.25, 0.3) is 0 Å².